The Hall–Kier alpha value is -1.48. The Morgan fingerprint density at radius 1 is 1.31 bits per heavy atom. The van der Waals surface area contributed by atoms with Crippen LogP contribution in [0.3, 0.4) is 0 Å². The first-order valence-corrected chi connectivity index (χ1v) is 9.41. The maximum Gasteiger partial charge on any atom is 0.191 e. The molecule has 2 aromatic rings. The number of rotatable bonds is 5. The van der Waals surface area contributed by atoms with Crippen LogP contribution in [0.4, 0.5) is 5.69 Å². The summed E-state index contributed by atoms with van der Waals surface area (Å²) in [6.45, 7) is 4.89. The van der Waals surface area contributed by atoms with Crippen LogP contribution in [0.1, 0.15) is 16.2 Å². The fourth-order valence-corrected chi connectivity index (χ4v) is 3.96. The number of hydrogen-bond donors (Lipinski definition) is 2. The summed E-state index contributed by atoms with van der Waals surface area (Å²) in [5.74, 6) is 1.79. The number of methoxy groups -OCH3 is 1. The van der Waals surface area contributed by atoms with E-state index in [0.29, 0.717) is 6.04 Å². The fraction of sp³-hybridized carbons (Fsp3) is 0.421. The number of guanidine groups is 1. The maximum atomic E-state index is 5.49. The average molecular weight is 486 g/mol. The summed E-state index contributed by atoms with van der Waals surface area (Å²) in [5, 5.41) is 6.95. The van der Waals surface area contributed by atoms with Gasteiger partial charge in [0.25, 0.3) is 0 Å². The van der Waals surface area contributed by atoms with E-state index in [1.807, 2.05) is 30.5 Å². The van der Waals surface area contributed by atoms with Gasteiger partial charge in [-0.15, -0.1) is 35.3 Å². The van der Waals surface area contributed by atoms with Crippen molar-refractivity contribution in [2.75, 3.05) is 32.1 Å². The summed E-state index contributed by atoms with van der Waals surface area (Å²) >= 11 is 1.82. The molecule has 5 nitrogen and oxygen atoms in total. The molecule has 26 heavy (non-hydrogen) atoms. The fourth-order valence-electron chi connectivity index (χ4n) is 3.13. The van der Waals surface area contributed by atoms with Gasteiger partial charge in [-0.05, 0) is 37.6 Å². The second-order valence-electron chi connectivity index (χ2n) is 6.19. The van der Waals surface area contributed by atoms with E-state index in [-0.39, 0.29) is 24.0 Å². The zero-order chi connectivity index (χ0) is 17.6. The zero-order valence-electron chi connectivity index (χ0n) is 15.5. The minimum Gasteiger partial charge on any atom is -0.495 e. The summed E-state index contributed by atoms with van der Waals surface area (Å²) in [6, 6.07) is 12.9. The standard InChI is InChI=1S/C19H26N4OS.HI/c1-14-8-9-16(25-14)12-21-19(20-2)22-15-10-11-23(13-15)17-6-4-5-7-18(17)24-3;/h4-9,15H,10-13H2,1-3H3,(H2,20,21,22);1H. The van der Waals surface area contributed by atoms with Crippen molar-refractivity contribution >= 4 is 47.0 Å². The lowest BCUT2D eigenvalue weighted by Crippen LogP contribution is -2.44. The van der Waals surface area contributed by atoms with Gasteiger partial charge in [-0.2, -0.15) is 0 Å². The highest BCUT2D eigenvalue weighted by Gasteiger charge is 2.25. The summed E-state index contributed by atoms with van der Waals surface area (Å²) in [5.41, 5.74) is 1.16. The lowest BCUT2D eigenvalue weighted by Gasteiger charge is -2.22. The van der Waals surface area contributed by atoms with Crippen LogP contribution in [0.15, 0.2) is 41.4 Å². The number of ether oxygens (including phenoxy) is 1. The van der Waals surface area contributed by atoms with Gasteiger partial charge in [0.05, 0.1) is 19.3 Å². The number of benzene rings is 1. The Balaban J connectivity index is 0.00000243. The number of halogens is 1. The molecule has 2 N–H and O–H groups in total. The van der Waals surface area contributed by atoms with Crippen molar-refractivity contribution in [2.24, 2.45) is 4.99 Å². The molecular weight excluding hydrogens is 459 g/mol. The van der Waals surface area contributed by atoms with E-state index >= 15 is 0 Å². The van der Waals surface area contributed by atoms with Crippen molar-refractivity contribution in [1.82, 2.24) is 10.6 Å². The first-order chi connectivity index (χ1) is 12.2. The molecule has 7 heteroatoms. The Labute approximate surface area is 176 Å². The minimum absolute atomic E-state index is 0. The van der Waals surface area contributed by atoms with E-state index in [0.717, 1.165) is 43.5 Å². The molecular formula is C19H27IN4OS. The second kappa shape index (κ2) is 10.0. The molecule has 0 spiro atoms. The zero-order valence-corrected chi connectivity index (χ0v) is 18.6. The van der Waals surface area contributed by atoms with Gasteiger partial charge in [0.1, 0.15) is 5.75 Å². The summed E-state index contributed by atoms with van der Waals surface area (Å²) in [4.78, 5) is 9.39. The number of nitrogens with one attached hydrogen (secondary N) is 2. The first kappa shape index (κ1) is 20.8. The van der Waals surface area contributed by atoms with Crippen molar-refractivity contribution in [2.45, 2.75) is 25.9 Å². The maximum absolute atomic E-state index is 5.49. The molecule has 1 unspecified atom stereocenters. The third-order valence-corrected chi connectivity index (χ3v) is 5.41. The molecule has 0 aliphatic carbocycles. The van der Waals surface area contributed by atoms with E-state index in [2.05, 4.69) is 51.7 Å². The average Bonchev–Trinajstić information content (AvgIpc) is 3.27. The normalized spacial score (nSPS) is 17.0. The van der Waals surface area contributed by atoms with Crippen molar-refractivity contribution < 1.29 is 4.74 Å². The molecule has 0 bridgehead atoms. The molecule has 1 saturated heterocycles. The van der Waals surface area contributed by atoms with Crippen LogP contribution in [-0.2, 0) is 6.54 Å². The Bertz CT molecular complexity index is 734. The summed E-state index contributed by atoms with van der Waals surface area (Å²) in [6.07, 6.45) is 1.08. The van der Waals surface area contributed by atoms with E-state index in [1.54, 1.807) is 7.11 Å². The van der Waals surface area contributed by atoms with Crippen LogP contribution in [-0.4, -0.2) is 39.2 Å². The molecule has 3 rings (SSSR count). The molecule has 1 fully saturated rings. The van der Waals surface area contributed by atoms with Crippen LogP contribution >= 0.6 is 35.3 Å². The van der Waals surface area contributed by atoms with Gasteiger partial charge in [0, 0.05) is 35.9 Å². The topological polar surface area (TPSA) is 48.9 Å². The third-order valence-electron chi connectivity index (χ3n) is 4.40. The summed E-state index contributed by atoms with van der Waals surface area (Å²) in [7, 11) is 3.55. The van der Waals surface area contributed by atoms with Gasteiger partial charge in [0.15, 0.2) is 5.96 Å². The lowest BCUT2D eigenvalue weighted by molar-refractivity contribution is 0.415. The molecule has 142 valence electrons. The molecule has 1 aliphatic heterocycles. The molecule has 2 heterocycles. The molecule has 0 amide bonds. The van der Waals surface area contributed by atoms with Crippen molar-refractivity contribution in [1.29, 1.82) is 0 Å². The van der Waals surface area contributed by atoms with E-state index in [1.165, 1.54) is 9.75 Å². The number of para-hydroxylation sites is 2. The molecule has 1 aliphatic rings. The van der Waals surface area contributed by atoms with Gasteiger partial charge in [-0.25, -0.2) is 0 Å². The molecule has 1 atom stereocenters. The summed E-state index contributed by atoms with van der Waals surface area (Å²) < 4.78 is 5.49. The third kappa shape index (κ3) is 5.26. The Morgan fingerprint density at radius 2 is 2.12 bits per heavy atom. The van der Waals surface area contributed by atoms with Gasteiger partial charge in [-0.3, -0.25) is 4.99 Å². The minimum atomic E-state index is 0. The predicted octanol–water partition coefficient (Wildman–Crippen LogP) is 3.63. The monoisotopic (exact) mass is 486 g/mol. The molecule has 1 aromatic heterocycles. The molecule has 0 radical (unpaired) electrons. The highest BCUT2D eigenvalue weighted by Crippen LogP contribution is 2.30. The number of nitrogens with zero attached hydrogens (tertiary/aromatic N) is 2. The first-order valence-electron chi connectivity index (χ1n) is 8.60. The molecule has 0 saturated carbocycles. The number of aliphatic imine (C=N–C) groups is 1. The quantitative estimate of drug-likeness (QED) is 0.385. The highest BCUT2D eigenvalue weighted by atomic mass is 127. The van der Waals surface area contributed by atoms with E-state index in [9.17, 15) is 0 Å². The highest BCUT2D eigenvalue weighted by molar-refractivity contribution is 14.0. The van der Waals surface area contributed by atoms with Crippen LogP contribution in [0, 0.1) is 6.92 Å². The largest absolute Gasteiger partial charge is 0.495 e. The number of aryl methyl sites for hydroxylation is 1. The van der Waals surface area contributed by atoms with Crippen molar-refractivity contribution in [3.05, 3.63) is 46.2 Å². The van der Waals surface area contributed by atoms with Gasteiger partial charge in [0.2, 0.25) is 0 Å². The lowest BCUT2D eigenvalue weighted by atomic mass is 10.2. The number of thiophene rings is 1. The Morgan fingerprint density at radius 3 is 2.81 bits per heavy atom. The van der Waals surface area contributed by atoms with Crippen LogP contribution in [0.2, 0.25) is 0 Å². The second-order valence-corrected chi connectivity index (χ2v) is 7.56. The number of anilines is 1. The Kier molecular flexibility index (Phi) is 8.02. The van der Waals surface area contributed by atoms with Gasteiger partial charge < -0.3 is 20.3 Å². The van der Waals surface area contributed by atoms with Crippen molar-refractivity contribution in [3.8, 4) is 5.75 Å². The van der Waals surface area contributed by atoms with Gasteiger partial charge in [-0.1, -0.05) is 12.1 Å². The van der Waals surface area contributed by atoms with Crippen LogP contribution < -0.4 is 20.3 Å². The molecule has 1 aromatic carbocycles. The smallest absolute Gasteiger partial charge is 0.191 e. The number of hydrogen-bond acceptors (Lipinski definition) is 4. The van der Waals surface area contributed by atoms with Crippen molar-refractivity contribution in [3.63, 3.8) is 0 Å². The van der Waals surface area contributed by atoms with E-state index < -0.39 is 0 Å². The van der Waals surface area contributed by atoms with Crippen LogP contribution in [0.25, 0.3) is 0 Å². The SMILES string of the molecule is CN=C(NCc1ccc(C)s1)NC1CCN(c2ccccc2OC)C1.I. The predicted molar refractivity (Wildman–Crippen MR) is 121 cm³/mol. The van der Waals surface area contributed by atoms with Gasteiger partial charge >= 0.3 is 0 Å². The van der Waals surface area contributed by atoms with E-state index in [4.69, 9.17) is 4.74 Å². The van der Waals surface area contributed by atoms with Crippen LogP contribution in [0.5, 0.6) is 5.75 Å².